The Kier molecular flexibility index (Phi) is 5.95. The number of hydrogen-bond donors (Lipinski definition) is 1. The van der Waals surface area contributed by atoms with E-state index in [0.717, 1.165) is 5.56 Å². The summed E-state index contributed by atoms with van der Waals surface area (Å²) in [6.07, 6.45) is 0. The Balaban J connectivity index is 1.64. The summed E-state index contributed by atoms with van der Waals surface area (Å²) in [5.74, 6) is -0.238. The van der Waals surface area contributed by atoms with Crippen molar-refractivity contribution in [1.29, 1.82) is 0 Å². The van der Waals surface area contributed by atoms with Crippen molar-refractivity contribution in [3.63, 3.8) is 0 Å². The van der Waals surface area contributed by atoms with Gasteiger partial charge in [-0.3, -0.25) is 4.79 Å². The number of fused-ring (bicyclic) bond motifs is 1. The largest absolute Gasteiger partial charge is 0.483 e. The van der Waals surface area contributed by atoms with E-state index in [0.29, 0.717) is 11.3 Å². The average molecular weight is 421 g/mol. The minimum absolute atomic E-state index is 0.0414. The van der Waals surface area contributed by atoms with Crippen LogP contribution in [-0.2, 0) is 26.8 Å². The summed E-state index contributed by atoms with van der Waals surface area (Å²) >= 11 is 0. The second-order valence-corrected chi connectivity index (χ2v) is 9.80. The number of carbonyl (C=O) groups excluding carboxylic acids is 1. The SMILES string of the molecule is CC(C)(C)c1ccc(S(=O)(=O)NCCN2Cc3cc(F)ccc3OCC2=O)cc1. The van der Waals surface area contributed by atoms with Crippen LogP contribution in [0.15, 0.2) is 47.4 Å². The third-order valence-electron chi connectivity index (χ3n) is 4.79. The van der Waals surface area contributed by atoms with Crippen LogP contribution in [0.5, 0.6) is 5.75 Å². The van der Waals surface area contributed by atoms with Crippen molar-refractivity contribution in [2.24, 2.45) is 0 Å². The van der Waals surface area contributed by atoms with E-state index >= 15 is 0 Å². The predicted octanol–water partition coefficient (Wildman–Crippen LogP) is 2.82. The lowest BCUT2D eigenvalue weighted by Gasteiger charge is -2.21. The molecule has 0 aliphatic carbocycles. The van der Waals surface area contributed by atoms with E-state index < -0.39 is 15.8 Å². The van der Waals surface area contributed by atoms with Gasteiger partial charge in [-0.05, 0) is 41.3 Å². The molecule has 0 spiro atoms. The fourth-order valence-corrected chi connectivity index (χ4v) is 4.09. The van der Waals surface area contributed by atoms with Gasteiger partial charge < -0.3 is 9.64 Å². The van der Waals surface area contributed by atoms with Crippen molar-refractivity contribution in [1.82, 2.24) is 9.62 Å². The molecule has 1 aliphatic rings. The zero-order chi connectivity index (χ0) is 21.2. The van der Waals surface area contributed by atoms with Crippen LogP contribution in [-0.4, -0.2) is 38.9 Å². The molecule has 156 valence electrons. The number of rotatable bonds is 5. The van der Waals surface area contributed by atoms with Gasteiger partial charge in [-0.15, -0.1) is 0 Å². The molecule has 1 amide bonds. The minimum atomic E-state index is -3.70. The Morgan fingerprint density at radius 2 is 1.83 bits per heavy atom. The first-order valence-electron chi connectivity index (χ1n) is 9.35. The van der Waals surface area contributed by atoms with Crippen LogP contribution in [0.2, 0.25) is 0 Å². The van der Waals surface area contributed by atoms with Crippen LogP contribution < -0.4 is 9.46 Å². The summed E-state index contributed by atoms with van der Waals surface area (Å²) in [6.45, 7) is 6.35. The molecule has 0 saturated heterocycles. The lowest BCUT2D eigenvalue weighted by atomic mass is 9.87. The Morgan fingerprint density at radius 1 is 1.14 bits per heavy atom. The van der Waals surface area contributed by atoms with Crippen LogP contribution in [0.4, 0.5) is 4.39 Å². The van der Waals surface area contributed by atoms with Gasteiger partial charge in [0.2, 0.25) is 10.0 Å². The number of nitrogens with one attached hydrogen (secondary N) is 1. The standard InChI is InChI=1S/C21H25FN2O4S/c1-21(2,3)16-4-7-18(8-5-16)29(26,27)23-10-11-24-13-15-12-17(22)6-9-19(15)28-14-20(24)25/h4-9,12,23H,10-11,13-14H2,1-3H3. The molecule has 0 saturated carbocycles. The lowest BCUT2D eigenvalue weighted by molar-refractivity contribution is -0.133. The molecule has 0 atom stereocenters. The molecule has 0 bridgehead atoms. The Labute approximate surface area is 170 Å². The second-order valence-electron chi connectivity index (χ2n) is 8.03. The highest BCUT2D eigenvalue weighted by Gasteiger charge is 2.23. The van der Waals surface area contributed by atoms with Gasteiger partial charge in [-0.25, -0.2) is 17.5 Å². The Hall–Kier alpha value is -2.45. The highest BCUT2D eigenvalue weighted by molar-refractivity contribution is 7.89. The second kappa shape index (κ2) is 8.12. The Morgan fingerprint density at radius 3 is 2.48 bits per heavy atom. The number of halogens is 1. The minimum Gasteiger partial charge on any atom is -0.483 e. The monoisotopic (exact) mass is 420 g/mol. The summed E-state index contributed by atoms with van der Waals surface area (Å²) in [5.41, 5.74) is 1.52. The zero-order valence-electron chi connectivity index (χ0n) is 16.7. The van der Waals surface area contributed by atoms with Crippen molar-refractivity contribution >= 4 is 15.9 Å². The molecule has 29 heavy (non-hydrogen) atoms. The third kappa shape index (κ3) is 5.13. The van der Waals surface area contributed by atoms with Gasteiger partial charge in [0.25, 0.3) is 5.91 Å². The summed E-state index contributed by atoms with van der Waals surface area (Å²) in [5, 5.41) is 0. The van der Waals surface area contributed by atoms with Crippen LogP contribution in [0.25, 0.3) is 0 Å². The van der Waals surface area contributed by atoms with E-state index in [1.807, 2.05) is 0 Å². The first kappa shape index (κ1) is 21.3. The first-order chi connectivity index (χ1) is 13.6. The fraction of sp³-hybridized carbons (Fsp3) is 0.381. The van der Waals surface area contributed by atoms with Crippen molar-refractivity contribution in [2.75, 3.05) is 19.7 Å². The molecule has 3 rings (SSSR count). The summed E-state index contributed by atoms with van der Waals surface area (Å²) in [4.78, 5) is 13.9. The molecule has 0 fully saturated rings. The molecule has 0 unspecified atom stereocenters. The van der Waals surface area contributed by atoms with E-state index in [1.54, 1.807) is 24.3 Å². The van der Waals surface area contributed by atoms with E-state index in [-0.39, 0.29) is 42.5 Å². The van der Waals surface area contributed by atoms with Crippen molar-refractivity contribution in [2.45, 2.75) is 37.6 Å². The van der Waals surface area contributed by atoms with Gasteiger partial charge in [0.1, 0.15) is 11.6 Å². The molecule has 1 heterocycles. The number of ether oxygens (including phenoxy) is 1. The van der Waals surface area contributed by atoms with Crippen molar-refractivity contribution < 1.29 is 22.3 Å². The van der Waals surface area contributed by atoms with E-state index in [4.69, 9.17) is 4.74 Å². The maximum absolute atomic E-state index is 13.5. The van der Waals surface area contributed by atoms with E-state index in [9.17, 15) is 17.6 Å². The maximum Gasteiger partial charge on any atom is 0.260 e. The molecule has 2 aromatic carbocycles. The predicted molar refractivity (Wildman–Crippen MR) is 108 cm³/mol. The quantitative estimate of drug-likeness (QED) is 0.807. The zero-order valence-corrected chi connectivity index (χ0v) is 17.6. The number of benzene rings is 2. The van der Waals surface area contributed by atoms with Crippen LogP contribution in [0.1, 0.15) is 31.9 Å². The van der Waals surface area contributed by atoms with Gasteiger partial charge in [0.05, 0.1) is 4.90 Å². The fourth-order valence-electron chi connectivity index (χ4n) is 3.07. The van der Waals surface area contributed by atoms with Gasteiger partial charge >= 0.3 is 0 Å². The normalized spacial score (nSPS) is 14.9. The molecule has 0 aromatic heterocycles. The molecule has 1 aliphatic heterocycles. The van der Waals surface area contributed by atoms with Crippen LogP contribution >= 0.6 is 0 Å². The van der Waals surface area contributed by atoms with Gasteiger partial charge in [-0.1, -0.05) is 32.9 Å². The molecular weight excluding hydrogens is 395 g/mol. The molecule has 8 heteroatoms. The van der Waals surface area contributed by atoms with Crippen molar-refractivity contribution in [3.8, 4) is 5.75 Å². The topological polar surface area (TPSA) is 75.7 Å². The number of nitrogens with zero attached hydrogens (tertiary/aromatic N) is 1. The summed E-state index contributed by atoms with van der Waals surface area (Å²) in [6, 6.07) is 10.8. The molecule has 1 N–H and O–H groups in total. The lowest BCUT2D eigenvalue weighted by Crippen LogP contribution is -2.39. The third-order valence-corrected chi connectivity index (χ3v) is 6.27. The number of carbonyl (C=O) groups is 1. The molecule has 0 radical (unpaired) electrons. The highest BCUT2D eigenvalue weighted by Crippen LogP contribution is 2.25. The molecule has 2 aromatic rings. The number of amides is 1. The number of sulfonamides is 1. The maximum atomic E-state index is 13.5. The molecular formula is C21H25FN2O4S. The highest BCUT2D eigenvalue weighted by atomic mass is 32.2. The van der Waals surface area contributed by atoms with Gasteiger partial charge in [-0.2, -0.15) is 0 Å². The van der Waals surface area contributed by atoms with Crippen LogP contribution in [0, 0.1) is 5.82 Å². The Bertz CT molecular complexity index is 998. The van der Waals surface area contributed by atoms with E-state index in [2.05, 4.69) is 25.5 Å². The van der Waals surface area contributed by atoms with Crippen LogP contribution in [0.3, 0.4) is 0 Å². The van der Waals surface area contributed by atoms with Gasteiger partial charge in [0.15, 0.2) is 6.61 Å². The average Bonchev–Trinajstić information content (AvgIpc) is 2.80. The first-order valence-corrected chi connectivity index (χ1v) is 10.8. The van der Waals surface area contributed by atoms with Gasteiger partial charge in [0, 0.05) is 25.2 Å². The molecule has 6 nitrogen and oxygen atoms in total. The number of hydrogen-bond acceptors (Lipinski definition) is 4. The summed E-state index contributed by atoms with van der Waals surface area (Å²) < 4.78 is 46.5. The summed E-state index contributed by atoms with van der Waals surface area (Å²) in [7, 11) is -3.70. The van der Waals surface area contributed by atoms with Crippen molar-refractivity contribution in [3.05, 3.63) is 59.4 Å². The smallest absolute Gasteiger partial charge is 0.260 e. The van der Waals surface area contributed by atoms with E-state index in [1.165, 1.54) is 23.1 Å².